The van der Waals surface area contributed by atoms with Crippen LogP contribution in [-0.4, -0.2) is 36.3 Å². The van der Waals surface area contributed by atoms with E-state index >= 15 is 0 Å². The normalized spacial score (nSPS) is 20.9. The van der Waals surface area contributed by atoms with Crippen molar-refractivity contribution in [1.82, 2.24) is 10.2 Å². The second kappa shape index (κ2) is 2.79. The van der Waals surface area contributed by atoms with E-state index < -0.39 is 0 Å². The van der Waals surface area contributed by atoms with Crippen LogP contribution in [0.4, 0.5) is 0 Å². The van der Waals surface area contributed by atoms with Gasteiger partial charge in [0.25, 0.3) is 11.8 Å². The Hall–Kier alpha value is -0.900. The zero-order valence-electron chi connectivity index (χ0n) is 5.83. The molecule has 1 fully saturated rings. The number of amides is 2. The summed E-state index contributed by atoms with van der Waals surface area (Å²) in [4.78, 5) is 23.0. The third-order valence-electron chi connectivity index (χ3n) is 1.41. The number of imide groups is 1. The molecule has 2 amide bonds. The second-order valence-electron chi connectivity index (χ2n) is 2.20. The molecular weight excluding hydrogens is 132 g/mol. The first-order chi connectivity index (χ1) is 4.72. The highest BCUT2D eigenvalue weighted by atomic mass is 16.2. The van der Waals surface area contributed by atoms with Crippen molar-refractivity contribution in [2.24, 2.45) is 0 Å². The van der Waals surface area contributed by atoms with Gasteiger partial charge in [-0.2, -0.15) is 5.32 Å². The van der Waals surface area contributed by atoms with Crippen LogP contribution in [0.15, 0.2) is 0 Å². The molecule has 0 aromatic heterocycles. The molecule has 10 heavy (non-hydrogen) atoms. The van der Waals surface area contributed by atoms with Crippen molar-refractivity contribution in [3.05, 3.63) is 0 Å². The Morgan fingerprint density at radius 2 is 1.90 bits per heavy atom. The summed E-state index contributed by atoms with van der Waals surface area (Å²) in [5, 5.41) is 3.26. The number of carbonyl (C=O) groups is 2. The lowest BCUT2D eigenvalue weighted by molar-refractivity contribution is -0.136. The molecule has 1 saturated heterocycles. The molecule has 1 rings (SSSR count). The van der Waals surface area contributed by atoms with Crippen LogP contribution in [0.1, 0.15) is 6.92 Å². The molecule has 1 aliphatic rings. The van der Waals surface area contributed by atoms with E-state index in [4.69, 9.17) is 0 Å². The zero-order chi connectivity index (χ0) is 7.56. The summed E-state index contributed by atoms with van der Waals surface area (Å²) < 4.78 is 0. The summed E-state index contributed by atoms with van der Waals surface area (Å²) in [6, 6.07) is 0. The molecule has 0 spiro atoms. The standard InChI is InChI=1S/C6H9N2O2/c1-2-8-3-5(9)7-6(10)4-8/h2-4H2,1H3. The fourth-order valence-electron chi connectivity index (χ4n) is 0.872. The molecule has 1 radical (unpaired) electrons. The molecule has 0 aromatic rings. The van der Waals surface area contributed by atoms with Gasteiger partial charge in [-0.15, -0.1) is 0 Å². The van der Waals surface area contributed by atoms with Crippen LogP contribution in [0, 0.1) is 0 Å². The van der Waals surface area contributed by atoms with E-state index in [1.165, 1.54) is 0 Å². The van der Waals surface area contributed by atoms with Crippen LogP contribution in [0.3, 0.4) is 0 Å². The van der Waals surface area contributed by atoms with Gasteiger partial charge in [0.15, 0.2) is 0 Å². The fraction of sp³-hybridized carbons (Fsp3) is 0.667. The highest BCUT2D eigenvalue weighted by molar-refractivity contribution is 5.98. The van der Waals surface area contributed by atoms with E-state index in [0.29, 0.717) is 13.1 Å². The summed E-state index contributed by atoms with van der Waals surface area (Å²) in [6.07, 6.45) is 0. The minimum absolute atomic E-state index is 0.294. The van der Waals surface area contributed by atoms with E-state index in [9.17, 15) is 9.59 Å². The maximum absolute atomic E-state index is 10.6. The van der Waals surface area contributed by atoms with E-state index in [0.717, 1.165) is 6.54 Å². The highest BCUT2D eigenvalue weighted by Gasteiger charge is 2.22. The van der Waals surface area contributed by atoms with Crippen LogP contribution in [0.2, 0.25) is 0 Å². The quantitative estimate of drug-likeness (QED) is 0.439. The van der Waals surface area contributed by atoms with Gasteiger partial charge >= 0.3 is 0 Å². The van der Waals surface area contributed by atoms with E-state index in [1.807, 2.05) is 6.92 Å². The van der Waals surface area contributed by atoms with Gasteiger partial charge in [-0.3, -0.25) is 14.5 Å². The second-order valence-corrected chi connectivity index (χ2v) is 2.20. The Bertz CT molecular complexity index is 151. The molecule has 1 aliphatic heterocycles. The number of rotatable bonds is 1. The minimum Gasteiger partial charge on any atom is -0.286 e. The smallest absolute Gasteiger partial charge is 0.263 e. The summed E-state index contributed by atoms with van der Waals surface area (Å²) in [6.45, 7) is 3.23. The van der Waals surface area contributed by atoms with Gasteiger partial charge in [0.2, 0.25) is 0 Å². The summed E-state index contributed by atoms with van der Waals surface area (Å²) in [5.41, 5.74) is 0. The number of nitrogens with zero attached hydrogens (tertiary/aromatic N) is 2. The summed E-state index contributed by atoms with van der Waals surface area (Å²) >= 11 is 0. The van der Waals surface area contributed by atoms with Crippen LogP contribution >= 0.6 is 0 Å². The third-order valence-corrected chi connectivity index (χ3v) is 1.41. The molecule has 55 valence electrons. The third kappa shape index (κ3) is 1.54. The first kappa shape index (κ1) is 7.21. The van der Waals surface area contributed by atoms with Gasteiger partial charge < -0.3 is 0 Å². The Kier molecular flexibility index (Phi) is 2.01. The molecular formula is C6H9N2O2. The summed E-state index contributed by atoms with van der Waals surface area (Å²) in [5.74, 6) is -0.642. The lowest BCUT2D eigenvalue weighted by Crippen LogP contribution is -2.47. The topological polar surface area (TPSA) is 51.5 Å². The van der Waals surface area contributed by atoms with Crippen molar-refractivity contribution >= 4 is 11.8 Å². The molecule has 0 N–H and O–H groups in total. The monoisotopic (exact) mass is 141 g/mol. The van der Waals surface area contributed by atoms with E-state index in [2.05, 4.69) is 5.32 Å². The van der Waals surface area contributed by atoms with Crippen molar-refractivity contribution in [2.75, 3.05) is 19.6 Å². The van der Waals surface area contributed by atoms with Crippen molar-refractivity contribution in [1.29, 1.82) is 0 Å². The highest BCUT2D eigenvalue weighted by Crippen LogP contribution is 1.93. The molecule has 0 unspecified atom stereocenters. The maximum atomic E-state index is 10.6. The van der Waals surface area contributed by atoms with E-state index in [-0.39, 0.29) is 11.8 Å². The molecule has 0 aliphatic carbocycles. The number of carbonyl (C=O) groups excluding carboxylic acids is 2. The van der Waals surface area contributed by atoms with Crippen LogP contribution in [0.5, 0.6) is 0 Å². The van der Waals surface area contributed by atoms with Crippen molar-refractivity contribution in [2.45, 2.75) is 6.92 Å². The molecule has 4 heteroatoms. The molecule has 0 aromatic carbocycles. The van der Waals surface area contributed by atoms with Gasteiger partial charge in [0.1, 0.15) is 0 Å². The molecule has 4 nitrogen and oxygen atoms in total. The predicted octanol–water partition coefficient (Wildman–Crippen LogP) is -1.02. The lowest BCUT2D eigenvalue weighted by atomic mass is 10.3. The van der Waals surface area contributed by atoms with Crippen LogP contribution in [0.25, 0.3) is 0 Å². The Morgan fingerprint density at radius 1 is 1.40 bits per heavy atom. The minimum atomic E-state index is -0.321. The lowest BCUT2D eigenvalue weighted by Gasteiger charge is -2.21. The molecule has 0 atom stereocenters. The zero-order valence-corrected chi connectivity index (χ0v) is 5.83. The van der Waals surface area contributed by atoms with Gasteiger partial charge in [-0.1, -0.05) is 6.92 Å². The Morgan fingerprint density at radius 3 is 2.30 bits per heavy atom. The number of hydrogen-bond acceptors (Lipinski definition) is 3. The molecule has 0 bridgehead atoms. The molecule has 1 heterocycles. The Balaban J connectivity index is 2.50. The maximum Gasteiger partial charge on any atom is 0.263 e. The number of piperazine rings is 1. The van der Waals surface area contributed by atoms with Crippen molar-refractivity contribution < 1.29 is 9.59 Å². The first-order valence-corrected chi connectivity index (χ1v) is 3.22. The van der Waals surface area contributed by atoms with Crippen molar-refractivity contribution in [3.63, 3.8) is 0 Å². The van der Waals surface area contributed by atoms with Gasteiger partial charge in [0, 0.05) is 0 Å². The average molecular weight is 141 g/mol. The van der Waals surface area contributed by atoms with Crippen LogP contribution in [-0.2, 0) is 9.59 Å². The number of likely N-dealkylation sites (N-methyl/N-ethyl adjacent to an activating group) is 1. The Labute approximate surface area is 59.2 Å². The summed E-state index contributed by atoms with van der Waals surface area (Å²) in [7, 11) is 0. The SMILES string of the molecule is CCN1CC(=O)[N]C(=O)C1. The number of hydrogen-bond donors (Lipinski definition) is 0. The van der Waals surface area contributed by atoms with Gasteiger partial charge in [-0.25, -0.2) is 0 Å². The van der Waals surface area contributed by atoms with E-state index in [1.54, 1.807) is 4.90 Å². The first-order valence-electron chi connectivity index (χ1n) is 3.22. The molecule has 0 saturated carbocycles. The fourth-order valence-corrected chi connectivity index (χ4v) is 0.872. The van der Waals surface area contributed by atoms with Gasteiger partial charge in [-0.05, 0) is 6.54 Å². The van der Waals surface area contributed by atoms with Crippen LogP contribution < -0.4 is 5.32 Å². The van der Waals surface area contributed by atoms with Gasteiger partial charge in [0.05, 0.1) is 13.1 Å². The van der Waals surface area contributed by atoms with Crippen molar-refractivity contribution in [3.8, 4) is 0 Å². The predicted molar refractivity (Wildman–Crippen MR) is 34.3 cm³/mol. The largest absolute Gasteiger partial charge is 0.286 e. The average Bonchev–Trinajstić information content (AvgIpc) is 1.85.